The SMILES string of the molecule is COc1ccccc1NC(=O)c1cnc2c(-c3ccc(Br)cc3)cnn2c1C. The van der Waals surface area contributed by atoms with Crippen molar-refractivity contribution in [2.45, 2.75) is 6.92 Å². The maximum atomic E-state index is 12.8. The number of nitrogens with zero attached hydrogens (tertiary/aromatic N) is 3. The zero-order chi connectivity index (χ0) is 19.7. The molecule has 7 heteroatoms. The van der Waals surface area contributed by atoms with Crippen LogP contribution < -0.4 is 10.1 Å². The summed E-state index contributed by atoms with van der Waals surface area (Å²) in [6.45, 7) is 1.85. The molecule has 1 amide bonds. The maximum Gasteiger partial charge on any atom is 0.259 e. The van der Waals surface area contributed by atoms with E-state index in [0.29, 0.717) is 28.3 Å². The molecular weight excluding hydrogens is 420 g/mol. The summed E-state index contributed by atoms with van der Waals surface area (Å²) in [6, 6.07) is 15.2. The molecule has 2 aromatic heterocycles. The molecule has 0 unspecified atom stereocenters. The van der Waals surface area contributed by atoms with Gasteiger partial charge in [-0.3, -0.25) is 4.79 Å². The van der Waals surface area contributed by atoms with E-state index in [1.54, 1.807) is 36.2 Å². The van der Waals surface area contributed by atoms with Gasteiger partial charge in [0.05, 0.1) is 30.3 Å². The average molecular weight is 437 g/mol. The average Bonchev–Trinajstić information content (AvgIpc) is 3.14. The van der Waals surface area contributed by atoms with E-state index >= 15 is 0 Å². The zero-order valence-electron chi connectivity index (χ0n) is 15.3. The van der Waals surface area contributed by atoms with Crippen LogP contribution in [-0.4, -0.2) is 27.6 Å². The first kappa shape index (κ1) is 18.2. The number of hydrogen-bond acceptors (Lipinski definition) is 4. The first-order valence-electron chi connectivity index (χ1n) is 8.62. The van der Waals surface area contributed by atoms with Gasteiger partial charge in [0.2, 0.25) is 0 Å². The Labute approximate surface area is 170 Å². The second-order valence-electron chi connectivity index (χ2n) is 6.21. The molecule has 2 heterocycles. The summed E-state index contributed by atoms with van der Waals surface area (Å²) in [7, 11) is 1.57. The van der Waals surface area contributed by atoms with Crippen LogP contribution in [0.3, 0.4) is 0 Å². The molecule has 0 saturated heterocycles. The number of aromatic nitrogens is 3. The lowest BCUT2D eigenvalue weighted by atomic mass is 10.1. The third-order valence-electron chi connectivity index (χ3n) is 4.52. The standard InChI is InChI=1S/C21H17BrN4O2/c1-13-16(21(27)25-18-5-3-4-6-19(18)28-2)11-23-20-17(12-24-26(13)20)14-7-9-15(22)10-8-14/h3-12H,1-2H3,(H,25,27). The van der Waals surface area contributed by atoms with E-state index in [9.17, 15) is 4.79 Å². The van der Waals surface area contributed by atoms with Crippen LogP contribution in [0.2, 0.25) is 0 Å². The molecule has 0 aliphatic rings. The first-order valence-corrected chi connectivity index (χ1v) is 9.41. The number of amides is 1. The number of ether oxygens (including phenoxy) is 1. The van der Waals surface area contributed by atoms with Crippen molar-refractivity contribution in [2.75, 3.05) is 12.4 Å². The van der Waals surface area contributed by atoms with E-state index in [1.165, 1.54) is 0 Å². The van der Waals surface area contributed by atoms with Crippen LogP contribution in [0.15, 0.2) is 65.4 Å². The van der Waals surface area contributed by atoms with Crippen molar-refractivity contribution in [1.82, 2.24) is 14.6 Å². The van der Waals surface area contributed by atoms with Crippen LogP contribution in [0.4, 0.5) is 5.69 Å². The summed E-state index contributed by atoms with van der Waals surface area (Å²) in [5.74, 6) is 0.330. The largest absolute Gasteiger partial charge is 0.495 e. The van der Waals surface area contributed by atoms with Crippen molar-refractivity contribution in [1.29, 1.82) is 0 Å². The van der Waals surface area contributed by atoms with Gasteiger partial charge in [-0.1, -0.05) is 40.2 Å². The number of halogens is 1. The van der Waals surface area contributed by atoms with Crippen LogP contribution in [0.5, 0.6) is 5.75 Å². The van der Waals surface area contributed by atoms with Gasteiger partial charge < -0.3 is 10.1 Å². The zero-order valence-corrected chi connectivity index (χ0v) is 16.9. The van der Waals surface area contributed by atoms with E-state index in [2.05, 4.69) is 31.3 Å². The molecule has 0 aliphatic carbocycles. The Kier molecular flexibility index (Phi) is 4.83. The summed E-state index contributed by atoms with van der Waals surface area (Å²) < 4.78 is 7.99. The highest BCUT2D eigenvalue weighted by molar-refractivity contribution is 9.10. The van der Waals surface area contributed by atoms with Gasteiger partial charge in [-0.25, -0.2) is 9.50 Å². The second kappa shape index (κ2) is 7.44. The number of carbonyl (C=O) groups is 1. The summed E-state index contributed by atoms with van der Waals surface area (Å²) in [4.78, 5) is 17.3. The minimum Gasteiger partial charge on any atom is -0.495 e. The third-order valence-corrected chi connectivity index (χ3v) is 5.05. The Balaban J connectivity index is 1.70. The minimum atomic E-state index is -0.267. The molecule has 28 heavy (non-hydrogen) atoms. The Bertz CT molecular complexity index is 1170. The third kappa shape index (κ3) is 3.25. The molecule has 0 saturated carbocycles. The predicted octanol–water partition coefficient (Wildman–Crippen LogP) is 4.73. The van der Waals surface area contributed by atoms with E-state index in [-0.39, 0.29) is 5.91 Å². The monoisotopic (exact) mass is 436 g/mol. The van der Waals surface area contributed by atoms with E-state index in [4.69, 9.17) is 4.74 Å². The van der Waals surface area contributed by atoms with Crippen LogP contribution in [-0.2, 0) is 0 Å². The van der Waals surface area contributed by atoms with Gasteiger partial charge in [0, 0.05) is 16.2 Å². The van der Waals surface area contributed by atoms with Crippen molar-refractivity contribution < 1.29 is 9.53 Å². The van der Waals surface area contributed by atoms with E-state index in [0.717, 1.165) is 15.6 Å². The van der Waals surface area contributed by atoms with Crippen LogP contribution in [0.25, 0.3) is 16.8 Å². The molecule has 0 spiro atoms. The number of carbonyl (C=O) groups excluding carboxylic acids is 1. The van der Waals surface area contributed by atoms with Crippen molar-refractivity contribution in [3.8, 4) is 16.9 Å². The van der Waals surface area contributed by atoms with Crippen LogP contribution in [0.1, 0.15) is 16.1 Å². The fourth-order valence-electron chi connectivity index (χ4n) is 3.04. The molecule has 0 fully saturated rings. The highest BCUT2D eigenvalue weighted by atomic mass is 79.9. The number of nitrogens with one attached hydrogen (secondary N) is 1. The van der Waals surface area contributed by atoms with E-state index in [1.807, 2.05) is 43.3 Å². The van der Waals surface area contributed by atoms with Crippen LogP contribution in [0, 0.1) is 6.92 Å². The van der Waals surface area contributed by atoms with Gasteiger partial charge in [-0.2, -0.15) is 5.10 Å². The topological polar surface area (TPSA) is 68.5 Å². The lowest BCUT2D eigenvalue weighted by Gasteiger charge is -2.11. The maximum absolute atomic E-state index is 12.8. The molecule has 0 radical (unpaired) electrons. The molecule has 4 aromatic rings. The summed E-state index contributed by atoms with van der Waals surface area (Å²) in [5, 5.41) is 7.32. The highest BCUT2D eigenvalue weighted by Crippen LogP contribution is 2.27. The molecular formula is C21H17BrN4O2. The van der Waals surface area contributed by atoms with Crippen molar-refractivity contribution in [3.63, 3.8) is 0 Å². The highest BCUT2D eigenvalue weighted by Gasteiger charge is 2.17. The Hall–Kier alpha value is -3.19. The van der Waals surface area contributed by atoms with Gasteiger partial charge in [-0.15, -0.1) is 0 Å². The molecule has 0 bridgehead atoms. The minimum absolute atomic E-state index is 0.267. The van der Waals surface area contributed by atoms with Gasteiger partial charge in [0.1, 0.15) is 5.75 Å². The normalized spacial score (nSPS) is 10.8. The van der Waals surface area contributed by atoms with Gasteiger partial charge in [0.15, 0.2) is 5.65 Å². The fourth-order valence-corrected chi connectivity index (χ4v) is 3.30. The van der Waals surface area contributed by atoms with Crippen molar-refractivity contribution in [3.05, 3.63) is 76.7 Å². The predicted molar refractivity (Wildman–Crippen MR) is 112 cm³/mol. The molecule has 4 rings (SSSR count). The number of rotatable bonds is 4. The number of fused-ring (bicyclic) bond motifs is 1. The number of anilines is 1. The Morgan fingerprint density at radius 2 is 1.86 bits per heavy atom. The number of aryl methyl sites for hydroxylation is 1. The summed E-state index contributed by atoms with van der Waals surface area (Å²) >= 11 is 3.44. The van der Waals surface area contributed by atoms with Gasteiger partial charge in [0.25, 0.3) is 5.91 Å². The molecule has 6 nitrogen and oxygen atoms in total. The lowest BCUT2D eigenvalue weighted by molar-refractivity contribution is 0.102. The summed E-state index contributed by atoms with van der Waals surface area (Å²) in [5.41, 5.74) is 4.38. The van der Waals surface area contributed by atoms with Crippen molar-refractivity contribution >= 4 is 33.2 Å². The number of methoxy groups -OCH3 is 1. The quantitative estimate of drug-likeness (QED) is 0.502. The smallest absolute Gasteiger partial charge is 0.259 e. The molecule has 1 N–H and O–H groups in total. The van der Waals surface area contributed by atoms with Crippen molar-refractivity contribution in [2.24, 2.45) is 0 Å². The summed E-state index contributed by atoms with van der Waals surface area (Å²) in [6.07, 6.45) is 3.35. The molecule has 0 atom stereocenters. The molecule has 0 aliphatic heterocycles. The molecule has 2 aromatic carbocycles. The van der Waals surface area contributed by atoms with E-state index < -0.39 is 0 Å². The Morgan fingerprint density at radius 1 is 1.11 bits per heavy atom. The fraction of sp³-hybridized carbons (Fsp3) is 0.0952. The number of benzene rings is 2. The number of hydrogen-bond donors (Lipinski definition) is 1. The Morgan fingerprint density at radius 3 is 2.61 bits per heavy atom. The molecule has 140 valence electrons. The van der Waals surface area contributed by atoms with Crippen LogP contribution >= 0.6 is 15.9 Å². The van der Waals surface area contributed by atoms with Gasteiger partial charge in [-0.05, 0) is 36.8 Å². The number of para-hydroxylation sites is 2. The first-order chi connectivity index (χ1) is 13.6. The second-order valence-corrected chi connectivity index (χ2v) is 7.13. The lowest BCUT2D eigenvalue weighted by Crippen LogP contribution is -2.16. The van der Waals surface area contributed by atoms with Gasteiger partial charge >= 0.3 is 0 Å².